The Morgan fingerprint density at radius 3 is 2.43 bits per heavy atom. The monoisotopic (exact) mass is 649 g/mol. The van der Waals surface area contributed by atoms with E-state index in [2.05, 4.69) is 14.8 Å². The number of benzene rings is 3. The predicted molar refractivity (Wildman–Crippen MR) is 184 cm³/mol. The maximum Gasteiger partial charge on any atom is 0.337 e. The van der Waals surface area contributed by atoms with Crippen molar-refractivity contribution >= 4 is 43.5 Å². The van der Waals surface area contributed by atoms with E-state index in [1.165, 1.54) is 0 Å². The molecule has 240 valence electrons. The van der Waals surface area contributed by atoms with Crippen molar-refractivity contribution in [1.82, 2.24) is 19.3 Å². The van der Waals surface area contributed by atoms with Gasteiger partial charge in [-0.25, -0.2) is 13.2 Å². The van der Waals surface area contributed by atoms with Gasteiger partial charge in [0.15, 0.2) is 6.10 Å². The Balaban J connectivity index is 1.53. The molecule has 0 saturated heterocycles. The van der Waals surface area contributed by atoms with Gasteiger partial charge in [0.25, 0.3) is 10.0 Å². The van der Waals surface area contributed by atoms with Gasteiger partial charge in [-0.2, -0.15) is 5.10 Å². The molecule has 0 aliphatic carbocycles. The van der Waals surface area contributed by atoms with E-state index in [1.54, 1.807) is 38.5 Å². The number of anilines is 1. The van der Waals surface area contributed by atoms with Crippen LogP contribution in [-0.4, -0.2) is 44.4 Å². The number of hydrogen-bond acceptors (Lipinski definition) is 6. The minimum absolute atomic E-state index is 0.300. The standard InChI is InChI=1S/C36H35N5O5S/c1-20-7-9-22(10-8-20)31-26-17-29(24-13-14-37-27(16-24)23-11-12-28-25(15-23)18-38-40(28)6)41-19-47(44,45)39-32(33(26)41)21(2)30(31)34(35(42)43)46-36(3,4)5/h7-18,34,39H,19H2,1-6H3,(H,42,43). The van der Waals surface area contributed by atoms with Crippen LogP contribution in [0.4, 0.5) is 5.69 Å². The number of nitrogens with one attached hydrogen (secondary N) is 1. The van der Waals surface area contributed by atoms with E-state index >= 15 is 0 Å². The quantitative estimate of drug-likeness (QED) is 0.195. The van der Waals surface area contributed by atoms with Crippen LogP contribution >= 0.6 is 0 Å². The number of hydrogen-bond donors (Lipinski definition) is 2. The van der Waals surface area contributed by atoms with E-state index in [0.29, 0.717) is 33.6 Å². The molecule has 4 heterocycles. The maximum absolute atomic E-state index is 13.4. The maximum atomic E-state index is 13.4. The van der Waals surface area contributed by atoms with Crippen LogP contribution in [0.1, 0.15) is 43.6 Å². The number of aryl methyl sites for hydroxylation is 2. The zero-order valence-electron chi connectivity index (χ0n) is 27.0. The lowest BCUT2D eigenvalue weighted by Crippen LogP contribution is -2.29. The minimum Gasteiger partial charge on any atom is -0.479 e. The number of fused-ring (bicyclic) bond motifs is 1. The van der Waals surface area contributed by atoms with Crippen LogP contribution < -0.4 is 4.72 Å². The van der Waals surface area contributed by atoms with Crippen molar-refractivity contribution in [2.75, 3.05) is 4.72 Å². The lowest BCUT2D eigenvalue weighted by atomic mass is 9.87. The molecule has 1 aliphatic rings. The molecular weight excluding hydrogens is 614 g/mol. The fraction of sp³-hybridized carbons (Fsp3) is 0.250. The molecule has 3 aromatic carbocycles. The Morgan fingerprint density at radius 2 is 1.72 bits per heavy atom. The molecule has 1 unspecified atom stereocenters. The minimum atomic E-state index is -3.83. The molecule has 10 nitrogen and oxygen atoms in total. The fourth-order valence-corrected chi connectivity index (χ4v) is 7.76. The molecular formula is C36H35N5O5S. The molecule has 2 N–H and O–H groups in total. The lowest BCUT2D eigenvalue weighted by molar-refractivity contribution is -0.160. The van der Waals surface area contributed by atoms with Gasteiger partial charge in [0.2, 0.25) is 0 Å². The summed E-state index contributed by atoms with van der Waals surface area (Å²) in [6.07, 6.45) is 2.17. The molecule has 1 aliphatic heterocycles. The van der Waals surface area contributed by atoms with Gasteiger partial charge in [-0.1, -0.05) is 35.9 Å². The first-order chi connectivity index (χ1) is 22.2. The molecule has 0 fully saturated rings. The van der Waals surface area contributed by atoms with Gasteiger partial charge >= 0.3 is 5.97 Å². The molecule has 0 amide bonds. The highest BCUT2D eigenvalue weighted by Gasteiger charge is 2.37. The third kappa shape index (κ3) is 5.35. The average Bonchev–Trinajstić information content (AvgIpc) is 3.57. The van der Waals surface area contributed by atoms with Crippen LogP contribution in [0.15, 0.2) is 73.1 Å². The van der Waals surface area contributed by atoms with E-state index in [1.807, 2.05) is 85.5 Å². The van der Waals surface area contributed by atoms with Crippen LogP contribution in [0.3, 0.4) is 0 Å². The molecule has 11 heteroatoms. The first-order valence-corrected chi connectivity index (χ1v) is 16.9. The molecule has 0 spiro atoms. The highest BCUT2D eigenvalue weighted by molar-refractivity contribution is 7.91. The number of pyridine rings is 1. The van der Waals surface area contributed by atoms with Crippen molar-refractivity contribution in [3.8, 4) is 33.6 Å². The number of carbonyl (C=O) groups is 1. The average molecular weight is 650 g/mol. The molecule has 6 aromatic rings. The van der Waals surface area contributed by atoms with Crippen molar-refractivity contribution in [1.29, 1.82) is 0 Å². The Bertz CT molecular complexity index is 2350. The summed E-state index contributed by atoms with van der Waals surface area (Å²) in [4.78, 5) is 17.6. The van der Waals surface area contributed by atoms with Crippen LogP contribution in [0.25, 0.3) is 55.4 Å². The van der Waals surface area contributed by atoms with E-state index in [4.69, 9.17) is 4.74 Å². The summed E-state index contributed by atoms with van der Waals surface area (Å²) in [7, 11) is -1.94. The normalized spacial score (nSPS) is 14.8. The summed E-state index contributed by atoms with van der Waals surface area (Å²) in [5, 5.41) is 16.6. The van der Waals surface area contributed by atoms with E-state index < -0.39 is 27.7 Å². The number of rotatable bonds is 6. The number of ether oxygens (including phenoxy) is 1. The van der Waals surface area contributed by atoms with Crippen LogP contribution in [0.2, 0.25) is 0 Å². The van der Waals surface area contributed by atoms with Gasteiger partial charge in [-0.05, 0) is 81.6 Å². The van der Waals surface area contributed by atoms with Gasteiger partial charge in [-0.15, -0.1) is 0 Å². The number of sulfonamides is 1. The topological polar surface area (TPSA) is 128 Å². The molecule has 47 heavy (non-hydrogen) atoms. The van der Waals surface area contributed by atoms with Crippen molar-refractivity contribution in [2.45, 2.75) is 52.2 Å². The van der Waals surface area contributed by atoms with E-state index in [0.717, 1.165) is 44.2 Å². The first-order valence-electron chi connectivity index (χ1n) is 15.3. The zero-order valence-corrected chi connectivity index (χ0v) is 27.8. The van der Waals surface area contributed by atoms with E-state index in [-0.39, 0.29) is 5.88 Å². The third-order valence-corrected chi connectivity index (χ3v) is 9.72. The lowest BCUT2D eigenvalue weighted by Gasteiger charge is -2.30. The van der Waals surface area contributed by atoms with Gasteiger partial charge in [0.05, 0.1) is 39.9 Å². The predicted octanol–water partition coefficient (Wildman–Crippen LogP) is 7.19. The van der Waals surface area contributed by atoms with E-state index in [9.17, 15) is 18.3 Å². The third-order valence-electron chi connectivity index (χ3n) is 8.60. The Morgan fingerprint density at radius 1 is 1.00 bits per heavy atom. The highest BCUT2D eigenvalue weighted by Crippen LogP contribution is 2.48. The molecule has 0 saturated carbocycles. The van der Waals surface area contributed by atoms with Gasteiger partial charge < -0.3 is 14.4 Å². The number of carboxylic acid groups (broad SMARTS) is 1. The van der Waals surface area contributed by atoms with Crippen LogP contribution in [-0.2, 0) is 32.5 Å². The molecule has 0 bridgehead atoms. The second-order valence-electron chi connectivity index (χ2n) is 13.1. The SMILES string of the molecule is Cc1ccc(-c2c(C(OC(C)(C)C)C(=O)O)c(C)c3c4c2cc(-c2ccnc(-c5ccc6c(cnn6C)c5)c2)n4CS(=O)(=O)N3)cc1. The van der Waals surface area contributed by atoms with Crippen molar-refractivity contribution < 1.29 is 23.1 Å². The van der Waals surface area contributed by atoms with Gasteiger partial charge in [0.1, 0.15) is 5.88 Å². The summed E-state index contributed by atoms with van der Waals surface area (Å²) in [5.74, 6) is -1.46. The second kappa shape index (κ2) is 10.8. The number of carboxylic acids is 1. The summed E-state index contributed by atoms with van der Waals surface area (Å²) < 4.78 is 39.4. The second-order valence-corrected chi connectivity index (χ2v) is 14.8. The van der Waals surface area contributed by atoms with Crippen molar-refractivity contribution in [3.63, 3.8) is 0 Å². The first kappa shape index (κ1) is 30.6. The number of aromatic nitrogens is 4. The highest BCUT2D eigenvalue weighted by atomic mass is 32.2. The molecule has 3 aromatic heterocycles. The Labute approximate surface area is 272 Å². The van der Waals surface area contributed by atoms with Gasteiger partial charge in [0, 0.05) is 40.7 Å². The fourth-order valence-electron chi connectivity index (χ4n) is 6.53. The zero-order chi connectivity index (χ0) is 33.4. The molecule has 0 radical (unpaired) electrons. The smallest absolute Gasteiger partial charge is 0.337 e. The number of aliphatic carboxylic acids is 1. The molecule has 7 rings (SSSR count). The number of nitrogens with zero attached hydrogens (tertiary/aromatic N) is 4. The van der Waals surface area contributed by atoms with Crippen molar-refractivity contribution in [3.05, 3.63) is 89.7 Å². The summed E-state index contributed by atoms with van der Waals surface area (Å²) in [5.41, 5.74) is 7.77. The summed E-state index contributed by atoms with van der Waals surface area (Å²) >= 11 is 0. The molecule has 1 atom stereocenters. The Hall–Kier alpha value is -5.00. The summed E-state index contributed by atoms with van der Waals surface area (Å²) in [6, 6.07) is 19.7. The van der Waals surface area contributed by atoms with Gasteiger partial charge in [-0.3, -0.25) is 14.4 Å². The Kier molecular flexibility index (Phi) is 7.03. The van der Waals surface area contributed by atoms with Crippen LogP contribution in [0, 0.1) is 13.8 Å². The largest absolute Gasteiger partial charge is 0.479 e. The van der Waals surface area contributed by atoms with Crippen molar-refractivity contribution in [2.24, 2.45) is 7.05 Å². The summed E-state index contributed by atoms with van der Waals surface area (Å²) in [6.45, 7) is 9.16. The van der Waals surface area contributed by atoms with Crippen LogP contribution in [0.5, 0.6) is 0 Å².